The molecule has 1 aromatic rings. The Morgan fingerprint density at radius 3 is 2.58 bits per heavy atom. The summed E-state index contributed by atoms with van der Waals surface area (Å²) in [6, 6.07) is 5.51. The molecule has 0 radical (unpaired) electrons. The smallest absolute Gasteiger partial charge is 0.311 e. The van der Waals surface area contributed by atoms with Crippen LogP contribution in [0.1, 0.15) is 19.8 Å². The number of carbonyl (C=O) groups excluding carboxylic acids is 2. The maximum atomic E-state index is 13.2. The van der Waals surface area contributed by atoms with E-state index in [-0.39, 0.29) is 18.6 Å². The fourth-order valence-corrected chi connectivity index (χ4v) is 1.20. The van der Waals surface area contributed by atoms with Gasteiger partial charge in [-0.15, -0.1) is 6.42 Å². The molecule has 1 unspecified atom stereocenters. The molecule has 0 aliphatic rings. The van der Waals surface area contributed by atoms with E-state index in [9.17, 15) is 14.0 Å². The fraction of sp³-hybridized carbons (Fsp3) is 0.286. The van der Waals surface area contributed by atoms with Crippen molar-refractivity contribution in [3.05, 3.63) is 30.1 Å². The monoisotopic (exact) mass is 264 g/mol. The van der Waals surface area contributed by atoms with Crippen LogP contribution in [0.15, 0.2) is 24.3 Å². The maximum absolute atomic E-state index is 13.2. The van der Waals surface area contributed by atoms with E-state index in [0.29, 0.717) is 0 Å². The quantitative estimate of drug-likeness (QED) is 0.464. The molecule has 1 atom stereocenters. The first-order valence-electron chi connectivity index (χ1n) is 5.63. The van der Waals surface area contributed by atoms with Crippen molar-refractivity contribution in [1.29, 1.82) is 0 Å². The van der Waals surface area contributed by atoms with Gasteiger partial charge in [0.1, 0.15) is 0 Å². The van der Waals surface area contributed by atoms with E-state index < -0.39 is 23.9 Å². The third-order valence-corrected chi connectivity index (χ3v) is 2.14. The topological polar surface area (TPSA) is 52.6 Å². The zero-order valence-corrected chi connectivity index (χ0v) is 10.4. The van der Waals surface area contributed by atoms with Crippen LogP contribution in [0.5, 0.6) is 5.75 Å². The molecular formula is C14H13FO4. The van der Waals surface area contributed by atoms with E-state index in [1.165, 1.54) is 31.2 Å². The van der Waals surface area contributed by atoms with Gasteiger partial charge in [-0.3, -0.25) is 9.59 Å². The first-order chi connectivity index (χ1) is 9.02. The van der Waals surface area contributed by atoms with Gasteiger partial charge in [-0.2, -0.15) is 0 Å². The van der Waals surface area contributed by atoms with Crippen LogP contribution >= 0.6 is 0 Å². The Morgan fingerprint density at radius 2 is 1.95 bits per heavy atom. The second kappa shape index (κ2) is 7.17. The lowest BCUT2D eigenvalue weighted by Gasteiger charge is -2.07. The molecule has 1 aromatic carbocycles. The molecule has 0 heterocycles. The lowest BCUT2D eigenvalue weighted by Crippen LogP contribution is -2.16. The number of halogens is 1. The van der Waals surface area contributed by atoms with Gasteiger partial charge >= 0.3 is 11.9 Å². The van der Waals surface area contributed by atoms with Crippen molar-refractivity contribution < 1.29 is 23.5 Å². The number of carbonyl (C=O) groups is 2. The number of para-hydroxylation sites is 1. The summed E-state index contributed by atoms with van der Waals surface area (Å²) in [5.41, 5.74) is 0. The molecule has 0 aliphatic heterocycles. The SMILES string of the molecule is C#CC(C)OC(=O)CCC(=O)Oc1ccccc1F. The van der Waals surface area contributed by atoms with Gasteiger partial charge in [-0.25, -0.2) is 4.39 Å². The normalized spacial score (nSPS) is 11.2. The minimum atomic E-state index is -0.713. The molecule has 0 saturated heterocycles. The van der Waals surface area contributed by atoms with E-state index in [0.717, 1.165) is 0 Å². The van der Waals surface area contributed by atoms with E-state index in [1.54, 1.807) is 0 Å². The lowest BCUT2D eigenvalue weighted by atomic mass is 10.3. The zero-order chi connectivity index (χ0) is 14.3. The number of hydrogen-bond donors (Lipinski definition) is 0. The average molecular weight is 264 g/mol. The van der Waals surface area contributed by atoms with Crippen LogP contribution in [0.25, 0.3) is 0 Å². The number of benzene rings is 1. The third-order valence-electron chi connectivity index (χ3n) is 2.14. The van der Waals surface area contributed by atoms with Crippen molar-refractivity contribution in [2.45, 2.75) is 25.9 Å². The van der Waals surface area contributed by atoms with Gasteiger partial charge in [0.05, 0.1) is 12.8 Å². The molecule has 0 spiro atoms. The van der Waals surface area contributed by atoms with Crippen molar-refractivity contribution in [3.63, 3.8) is 0 Å². The summed E-state index contributed by atoms with van der Waals surface area (Å²) in [7, 11) is 0. The van der Waals surface area contributed by atoms with Gasteiger partial charge in [0, 0.05) is 0 Å². The molecular weight excluding hydrogens is 251 g/mol. The summed E-state index contributed by atoms with van der Waals surface area (Å²) in [5, 5.41) is 0. The highest BCUT2D eigenvalue weighted by Crippen LogP contribution is 2.16. The predicted molar refractivity (Wildman–Crippen MR) is 65.7 cm³/mol. The van der Waals surface area contributed by atoms with Crippen LogP contribution in [0.4, 0.5) is 4.39 Å². The van der Waals surface area contributed by atoms with Gasteiger partial charge in [-0.05, 0) is 19.1 Å². The minimum absolute atomic E-state index is 0.167. The zero-order valence-electron chi connectivity index (χ0n) is 10.4. The molecule has 5 heteroatoms. The van der Waals surface area contributed by atoms with Gasteiger partial charge in [0.15, 0.2) is 17.7 Å². The predicted octanol–water partition coefficient (Wildman–Crippen LogP) is 2.08. The minimum Gasteiger partial charge on any atom is -0.449 e. The summed E-state index contributed by atoms with van der Waals surface area (Å²) in [6.07, 6.45) is 4.02. The highest BCUT2D eigenvalue weighted by Gasteiger charge is 2.13. The van der Waals surface area contributed by atoms with Crippen molar-refractivity contribution in [2.24, 2.45) is 0 Å². The highest BCUT2D eigenvalue weighted by atomic mass is 19.1. The summed E-state index contributed by atoms with van der Waals surface area (Å²) in [6.45, 7) is 1.54. The second-order valence-corrected chi connectivity index (χ2v) is 3.70. The van der Waals surface area contributed by atoms with Crippen LogP contribution in [0.2, 0.25) is 0 Å². The molecule has 0 bridgehead atoms. The fourth-order valence-electron chi connectivity index (χ4n) is 1.20. The lowest BCUT2D eigenvalue weighted by molar-refractivity contribution is -0.148. The Balaban J connectivity index is 2.39. The number of esters is 2. The molecule has 0 N–H and O–H groups in total. The van der Waals surface area contributed by atoms with Gasteiger partial charge in [0.2, 0.25) is 0 Å². The van der Waals surface area contributed by atoms with Crippen LogP contribution < -0.4 is 4.74 Å². The Labute approximate surface area is 110 Å². The Hall–Kier alpha value is -2.35. The molecule has 0 fully saturated rings. The summed E-state index contributed by atoms with van der Waals surface area (Å²) in [4.78, 5) is 22.6. The Kier molecular flexibility index (Phi) is 5.55. The molecule has 0 aromatic heterocycles. The molecule has 0 amide bonds. The summed E-state index contributed by atoms with van der Waals surface area (Å²) >= 11 is 0. The van der Waals surface area contributed by atoms with Crippen LogP contribution in [0, 0.1) is 18.2 Å². The number of rotatable bonds is 5. The van der Waals surface area contributed by atoms with Crippen molar-refractivity contribution in [2.75, 3.05) is 0 Å². The van der Waals surface area contributed by atoms with Crippen molar-refractivity contribution >= 4 is 11.9 Å². The molecule has 100 valence electrons. The standard InChI is InChI=1S/C14H13FO4/c1-3-10(2)18-13(16)8-9-14(17)19-12-7-5-4-6-11(12)15/h1,4-7,10H,8-9H2,2H3. The summed E-state index contributed by atoms with van der Waals surface area (Å²) < 4.78 is 22.7. The van der Waals surface area contributed by atoms with Crippen LogP contribution in [0.3, 0.4) is 0 Å². The highest BCUT2D eigenvalue weighted by molar-refractivity contribution is 5.79. The van der Waals surface area contributed by atoms with E-state index in [4.69, 9.17) is 15.9 Å². The van der Waals surface area contributed by atoms with Crippen LogP contribution in [-0.4, -0.2) is 18.0 Å². The summed E-state index contributed by atoms with van der Waals surface area (Å²) in [5.74, 6) is 0.100. The van der Waals surface area contributed by atoms with E-state index >= 15 is 0 Å². The van der Waals surface area contributed by atoms with E-state index in [2.05, 4.69) is 5.92 Å². The molecule has 4 nitrogen and oxygen atoms in total. The molecule has 1 rings (SSSR count). The Bertz CT molecular complexity index is 504. The molecule has 19 heavy (non-hydrogen) atoms. The first kappa shape index (κ1) is 14.7. The number of hydrogen-bond acceptors (Lipinski definition) is 4. The van der Waals surface area contributed by atoms with Crippen LogP contribution in [-0.2, 0) is 14.3 Å². The molecule has 0 aliphatic carbocycles. The number of ether oxygens (including phenoxy) is 2. The average Bonchev–Trinajstić information content (AvgIpc) is 2.39. The van der Waals surface area contributed by atoms with Gasteiger partial charge in [-0.1, -0.05) is 18.1 Å². The third kappa shape index (κ3) is 5.21. The van der Waals surface area contributed by atoms with Crippen molar-refractivity contribution in [1.82, 2.24) is 0 Å². The van der Waals surface area contributed by atoms with Gasteiger partial charge < -0.3 is 9.47 Å². The van der Waals surface area contributed by atoms with E-state index in [1.807, 2.05) is 0 Å². The Morgan fingerprint density at radius 1 is 1.32 bits per heavy atom. The molecule has 0 saturated carbocycles. The maximum Gasteiger partial charge on any atom is 0.311 e. The first-order valence-corrected chi connectivity index (χ1v) is 5.63. The second-order valence-electron chi connectivity index (χ2n) is 3.70. The van der Waals surface area contributed by atoms with Gasteiger partial charge in [0.25, 0.3) is 0 Å². The van der Waals surface area contributed by atoms with Crippen molar-refractivity contribution in [3.8, 4) is 18.1 Å². The largest absolute Gasteiger partial charge is 0.449 e. The number of terminal acetylenes is 1.